The fourth-order valence-corrected chi connectivity index (χ4v) is 4.61. The lowest BCUT2D eigenvalue weighted by Gasteiger charge is -2.26. The molecular formula is C30H33ClF4N8O3. The maximum Gasteiger partial charge on any atom is 0.419 e. The van der Waals surface area contributed by atoms with Gasteiger partial charge in [0, 0.05) is 55.1 Å². The summed E-state index contributed by atoms with van der Waals surface area (Å²) in [6.45, 7) is 2.54. The van der Waals surface area contributed by atoms with Crippen LogP contribution in [0.5, 0.6) is 5.75 Å². The van der Waals surface area contributed by atoms with E-state index in [4.69, 9.17) is 16.3 Å². The number of para-hydroxylation sites is 1. The molecule has 2 aromatic heterocycles. The lowest BCUT2D eigenvalue weighted by molar-refractivity contribution is -0.137. The van der Waals surface area contributed by atoms with Crippen molar-refractivity contribution in [1.82, 2.24) is 25.2 Å². The number of H-pyrrole nitrogens is 1. The van der Waals surface area contributed by atoms with Crippen LogP contribution in [0.3, 0.4) is 0 Å². The third-order valence-electron chi connectivity index (χ3n) is 7.00. The Morgan fingerprint density at radius 2 is 1.80 bits per heavy atom. The Balaban J connectivity index is 1.76. The highest BCUT2D eigenvalue weighted by Crippen LogP contribution is 2.41. The van der Waals surface area contributed by atoms with Crippen LogP contribution in [-0.2, 0) is 15.8 Å². The lowest BCUT2D eigenvalue weighted by atomic mass is 10.1. The Kier molecular flexibility index (Phi) is 10.6. The number of carbonyl (C=O) groups excluding carboxylic acids is 2. The Morgan fingerprint density at radius 3 is 2.46 bits per heavy atom. The van der Waals surface area contributed by atoms with Crippen molar-refractivity contribution in [3.05, 3.63) is 54.4 Å². The molecule has 1 unspecified atom stereocenters. The van der Waals surface area contributed by atoms with Crippen LogP contribution >= 0.6 is 11.6 Å². The molecule has 0 radical (unpaired) electrons. The number of anilines is 4. The van der Waals surface area contributed by atoms with E-state index < -0.39 is 35.2 Å². The molecule has 0 spiro atoms. The highest BCUT2D eigenvalue weighted by Gasteiger charge is 2.36. The minimum absolute atomic E-state index is 0.172. The number of methoxy groups -OCH3 is 1. The zero-order chi connectivity index (χ0) is 33.8. The van der Waals surface area contributed by atoms with E-state index in [0.717, 1.165) is 0 Å². The SMILES string of the molecule is COc1cc(N(C)CCN(C)C)c(NC(=O)[C@H](C)NC(=O)C(F)Cl)cc1Nc1ncc(C(F)(F)F)c(-c2c[nH]c3ccccc23)n1. The van der Waals surface area contributed by atoms with Gasteiger partial charge in [0.15, 0.2) is 0 Å². The lowest BCUT2D eigenvalue weighted by Crippen LogP contribution is -2.44. The summed E-state index contributed by atoms with van der Waals surface area (Å²) < 4.78 is 61.0. The number of hydrogen-bond acceptors (Lipinski definition) is 8. The quantitative estimate of drug-likeness (QED) is 0.118. The molecule has 0 fully saturated rings. The molecule has 16 heteroatoms. The first-order chi connectivity index (χ1) is 21.7. The van der Waals surface area contributed by atoms with Crippen LogP contribution in [0.4, 0.5) is 40.6 Å². The number of alkyl halides is 5. The van der Waals surface area contributed by atoms with Gasteiger partial charge in [-0.3, -0.25) is 9.59 Å². The number of hydrogen-bond donors (Lipinski definition) is 4. The summed E-state index contributed by atoms with van der Waals surface area (Å²) in [7, 11) is 7.00. The molecule has 4 rings (SSSR count). The second-order valence-electron chi connectivity index (χ2n) is 10.6. The van der Waals surface area contributed by atoms with Crippen LogP contribution in [0, 0.1) is 0 Å². The summed E-state index contributed by atoms with van der Waals surface area (Å²) in [5.41, 5.74) is -1.85. The number of nitrogens with one attached hydrogen (secondary N) is 4. The minimum atomic E-state index is -4.74. The van der Waals surface area contributed by atoms with Crippen molar-refractivity contribution in [3.8, 4) is 17.0 Å². The number of likely N-dealkylation sites (N-methyl/N-ethyl adjacent to an activating group) is 2. The number of ether oxygens (including phenoxy) is 1. The molecule has 0 saturated carbocycles. The first-order valence-electron chi connectivity index (χ1n) is 13.9. The van der Waals surface area contributed by atoms with Crippen LogP contribution in [0.15, 0.2) is 48.8 Å². The number of amides is 2. The number of benzene rings is 2. The van der Waals surface area contributed by atoms with Crippen LogP contribution in [0.2, 0.25) is 0 Å². The Hall–Kier alpha value is -4.63. The Morgan fingerprint density at radius 1 is 1.09 bits per heavy atom. The zero-order valence-electron chi connectivity index (χ0n) is 25.6. The average molecular weight is 665 g/mol. The van der Waals surface area contributed by atoms with Gasteiger partial charge in [-0.25, -0.2) is 14.4 Å². The number of fused-ring (bicyclic) bond motifs is 1. The molecule has 2 heterocycles. The summed E-state index contributed by atoms with van der Waals surface area (Å²) in [6, 6.07) is 8.85. The van der Waals surface area contributed by atoms with Crippen molar-refractivity contribution in [2.75, 3.05) is 56.9 Å². The van der Waals surface area contributed by atoms with Gasteiger partial charge >= 0.3 is 6.18 Å². The molecule has 0 aliphatic carbocycles. The molecule has 2 atom stereocenters. The van der Waals surface area contributed by atoms with Gasteiger partial charge in [0.05, 0.1) is 29.9 Å². The number of aromatic nitrogens is 3. The van der Waals surface area contributed by atoms with E-state index in [1.165, 1.54) is 26.3 Å². The first-order valence-corrected chi connectivity index (χ1v) is 14.4. The van der Waals surface area contributed by atoms with Crippen LogP contribution in [0.25, 0.3) is 22.2 Å². The largest absolute Gasteiger partial charge is 0.494 e. The molecule has 246 valence electrons. The van der Waals surface area contributed by atoms with Gasteiger partial charge in [-0.1, -0.05) is 29.8 Å². The third-order valence-corrected chi connectivity index (χ3v) is 7.20. The first kappa shape index (κ1) is 34.2. The predicted molar refractivity (Wildman–Crippen MR) is 169 cm³/mol. The second kappa shape index (κ2) is 14.2. The fourth-order valence-electron chi connectivity index (χ4n) is 4.55. The Bertz CT molecular complexity index is 1710. The maximum absolute atomic E-state index is 14.1. The molecule has 11 nitrogen and oxygen atoms in total. The molecule has 0 aliphatic heterocycles. The minimum Gasteiger partial charge on any atom is -0.494 e. The third kappa shape index (κ3) is 7.95. The van der Waals surface area contributed by atoms with Gasteiger partial charge in [0.25, 0.3) is 11.5 Å². The van der Waals surface area contributed by atoms with E-state index in [9.17, 15) is 27.2 Å². The maximum atomic E-state index is 14.1. The highest BCUT2D eigenvalue weighted by atomic mass is 35.5. The number of nitrogens with zero attached hydrogens (tertiary/aromatic N) is 4. The molecule has 2 aromatic carbocycles. The van der Waals surface area contributed by atoms with E-state index in [1.54, 1.807) is 37.4 Å². The van der Waals surface area contributed by atoms with E-state index in [-0.39, 0.29) is 34.3 Å². The van der Waals surface area contributed by atoms with Crippen LogP contribution in [-0.4, -0.2) is 84.7 Å². The molecule has 0 aliphatic rings. The Labute approximate surface area is 267 Å². The molecule has 4 aromatic rings. The molecule has 46 heavy (non-hydrogen) atoms. The monoisotopic (exact) mass is 664 g/mol. The van der Waals surface area contributed by atoms with E-state index in [0.29, 0.717) is 35.9 Å². The summed E-state index contributed by atoms with van der Waals surface area (Å²) in [4.78, 5) is 39.7. The van der Waals surface area contributed by atoms with Crippen molar-refractivity contribution in [2.45, 2.75) is 24.8 Å². The number of aromatic amines is 1. The van der Waals surface area contributed by atoms with Crippen LogP contribution in [0.1, 0.15) is 12.5 Å². The van der Waals surface area contributed by atoms with Crippen molar-refractivity contribution >= 4 is 57.3 Å². The van der Waals surface area contributed by atoms with Gasteiger partial charge in [0.1, 0.15) is 17.4 Å². The summed E-state index contributed by atoms with van der Waals surface area (Å²) in [6.07, 6.45) is -2.59. The molecule has 0 bridgehead atoms. The van der Waals surface area contributed by atoms with Crippen molar-refractivity contribution in [1.29, 1.82) is 0 Å². The topological polar surface area (TPSA) is 128 Å². The zero-order valence-corrected chi connectivity index (χ0v) is 26.3. The summed E-state index contributed by atoms with van der Waals surface area (Å²) in [5, 5.41) is 8.36. The van der Waals surface area contributed by atoms with E-state index >= 15 is 0 Å². The van der Waals surface area contributed by atoms with Crippen molar-refractivity contribution < 1.29 is 31.9 Å². The second-order valence-corrected chi connectivity index (χ2v) is 11.0. The normalized spacial score (nSPS) is 12.9. The summed E-state index contributed by atoms with van der Waals surface area (Å²) >= 11 is 5.18. The number of rotatable bonds is 12. The van der Waals surface area contributed by atoms with Gasteiger partial charge in [-0.15, -0.1) is 0 Å². The number of halogens is 5. The van der Waals surface area contributed by atoms with Crippen molar-refractivity contribution in [3.63, 3.8) is 0 Å². The van der Waals surface area contributed by atoms with Gasteiger partial charge < -0.3 is 35.5 Å². The number of carbonyl (C=O) groups is 2. The highest BCUT2D eigenvalue weighted by molar-refractivity contribution is 6.29. The van der Waals surface area contributed by atoms with E-state index in [2.05, 4.69) is 30.9 Å². The smallest absolute Gasteiger partial charge is 0.419 e. The molecule has 0 saturated heterocycles. The standard InChI is InChI=1S/C30H33ClF4N8O3/c1-16(38-28(45)26(31)32)27(44)39-21-12-22(24(46-5)13-23(21)43(4)11-10-42(2)3)40-29-37-15-19(30(33,34)35)25(41-29)18-14-36-20-9-7-6-8-17(18)20/h6-9,12-16,26,36H,10-11H2,1-5H3,(H,38,45)(H,39,44)(H,37,40,41)/t16-,26?/m0/s1. The van der Waals surface area contributed by atoms with E-state index in [1.807, 2.05) is 23.9 Å². The average Bonchev–Trinajstić information content (AvgIpc) is 3.43. The fraction of sp³-hybridized carbons (Fsp3) is 0.333. The molecule has 4 N–H and O–H groups in total. The van der Waals surface area contributed by atoms with Crippen molar-refractivity contribution in [2.24, 2.45) is 0 Å². The van der Waals surface area contributed by atoms with Gasteiger partial charge in [0.2, 0.25) is 11.9 Å². The van der Waals surface area contributed by atoms with Gasteiger partial charge in [-0.05, 0) is 33.2 Å². The predicted octanol–water partition coefficient (Wildman–Crippen LogP) is 5.37. The van der Waals surface area contributed by atoms with Gasteiger partial charge in [-0.2, -0.15) is 13.2 Å². The molecule has 2 amide bonds. The molecular weight excluding hydrogens is 632 g/mol. The van der Waals surface area contributed by atoms with Crippen LogP contribution < -0.4 is 25.6 Å². The summed E-state index contributed by atoms with van der Waals surface area (Å²) in [5.74, 6) is -1.76.